The lowest BCUT2D eigenvalue weighted by atomic mass is 9.87. The van der Waals surface area contributed by atoms with Gasteiger partial charge in [-0.2, -0.15) is 0 Å². The number of halogens is 1. The van der Waals surface area contributed by atoms with Crippen LogP contribution in [0.5, 0.6) is 0 Å². The highest BCUT2D eigenvalue weighted by Gasteiger charge is 2.42. The lowest BCUT2D eigenvalue weighted by Crippen LogP contribution is -2.28. The molecule has 4 rings (SSSR count). The molecule has 3 aliphatic rings. The number of nitrogens with zero attached hydrogens (tertiary/aromatic N) is 3. The minimum absolute atomic E-state index is 0.358. The van der Waals surface area contributed by atoms with Crippen molar-refractivity contribution in [3.8, 4) is 0 Å². The topological polar surface area (TPSA) is 38.2 Å². The molecule has 0 N–H and O–H groups in total. The Labute approximate surface area is 118 Å². The van der Waals surface area contributed by atoms with E-state index in [0.29, 0.717) is 16.5 Å². The van der Waals surface area contributed by atoms with Gasteiger partial charge in [0, 0.05) is 37.1 Å². The lowest BCUT2D eigenvalue weighted by Gasteiger charge is -2.23. The first-order valence-corrected chi connectivity index (χ1v) is 7.49. The van der Waals surface area contributed by atoms with Gasteiger partial charge >= 0.3 is 0 Å². The molecule has 0 aromatic carbocycles. The maximum Gasteiger partial charge on any atom is 0.135 e. The van der Waals surface area contributed by atoms with Gasteiger partial charge in [-0.25, -0.2) is 9.97 Å². The molecule has 1 aliphatic carbocycles. The van der Waals surface area contributed by atoms with Crippen molar-refractivity contribution in [3.63, 3.8) is 0 Å². The second kappa shape index (κ2) is 4.32. The van der Waals surface area contributed by atoms with E-state index in [9.17, 15) is 0 Å². The number of anilines is 1. The summed E-state index contributed by atoms with van der Waals surface area (Å²) in [4.78, 5) is 11.4. The Morgan fingerprint density at radius 1 is 1.32 bits per heavy atom. The molecule has 2 saturated heterocycles. The van der Waals surface area contributed by atoms with Crippen LogP contribution in [0.25, 0.3) is 0 Å². The van der Waals surface area contributed by atoms with E-state index in [-0.39, 0.29) is 0 Å². The molecule has 1 saturated carbocycles. The van der Waals surface area contributed by atoms with Crippen LogP contribution in [0.4, 0.5) is 5.82 Å². The third kappa shape index (κ3) is 2.21. The zero-order chi connectivity index (χ0) is 12.9. The molecule has 1 unspecified atom stereocenters. The second-order valence-corrected chi connectivity index (χ2v) is 6.54. The molecular weight excluding hydrogens is 262 g/mol. The van der Waals surface area contributed by atoms with E-state index in [4.69, 9.17) is 21.3 Å². The SMILES string of the molecule is Clc1cc(N2CCC3(CCOC3)C2)nc(C2CC2)n1. The minimum Gasteiger partial charge on any atom is -0.381 e. The van der Waals surface area contributed by atoms with E-state index in [2.05, 4.69) is 9.88 Å². The molecule has 1 spiro atoms. The van der Waals surface area contributed by atoms with Crippen LogP contribution in [0.1, 0.15) is 37.4 Å². The van der Waals surface area contributed by atoms with Gasteiger partial charge in [0.05, 0.1) is 6.61 Å². The molecule has 19 heavy (non-hydrogen) atoms. The van der Waals surface area contributed by atoms with E-state index in [1.807, 2.05) is 6.07 Å². The van der Waals surface area contributed by atoms with Crippen molar-refractivity contribution in [1.29, 1.82) is 0 Å². The Balaban J connectivity index is 1.59. The summed E-state index contributed by atoms with van der Waals surface area (Å²) in [6, 6.07) is 1.91. The molecule has 4 nitrogen and oxygen atoms in total. The highest BCUT2D eigenvalue weighted by atomic mass is 35.5. The summed E-state index contributed by atoms with van der Waals surface area (Å²) in [7, 11) is 0. The third-order valence-electron chi connectivity index (χ3n) is 4.59. The average Bonchev–Trinajstić information content (AvgIpc) is 3.03. The molecule has 3 fully saturated rings. The molecule has 3 heterocycles. The zero-order valence-corrected chi connectivity index (χ0v) is 11.7. The van der Waals surface area contributed by atoms with Gasteiger partial charge in [-0.15, -0.1) is 0 Å². The average molecular weight is 280 g/mol. The quantitative estimate of drug-likeness (QED) is 0.780. The molecule has 1 aromatic rings. The summed E-state index contributed by atoms with van der Waals surface area (Å²) in [5, 5.41) is 0.579. The number of ether oxygens (including phenoxy) is 1. The van der Waals surface area contributed by atoms with Crippen LogP contribution in [0, 0.1) is 5.41 Å². The van der Waals surface area contributed by atoms with E-state index in [1.54, 1.807) is 0 Å². The van der Waals surface area contributed by atoms with Gasteiger partial charge in [0.25, 0.3) is 0 Å². The van der Waals surface area contributed by atoms with Crippen LogP contribution in [-0.4, -0.2) is 36.3 Å². The molecule has 2 aliphatic heterocycles. The van der Waals surface area contributed by atoms with Crippen LogP contribution in [0.15, 0.2) is 6.07 Å². The molecule has 1 atom stereocenters. The molecular formula is C14H18ClN3O. The third-order valence-corrected chi connectivity index (χ3v) is 4.78. The van der Waals surface area contributed by atoms with Gasteiger partial charge in [0.15, 0.2) is 0 Å². The number of hydrogen-bond acceptors (Lipinski definition) is 4. The van der Waals surface area contributed by atoms with Crippen molar-refractivity contribution >= 4 is 17.4 Å². The smallest absolute Gasteiger partial charge is 0.135 e. The summed E-state index contributed by atoms with van der Waals surface area (Å²) in [5.41, 5.74) is 0.358. The Bertz CT molecular complexity index is 497. The predicted molar refractivity (Wildman–Crippen MR) is 73.7 cm³/mol. The molecule has 0 amide bonds. The van der Waals surface area contributed by atoms with Crippen LogP contribution in [0.3, 0.4) is 0 Å². The van der Waals surface area contributed by atoms with Gasteiger partial charge in [0.2, 0.25) is 0 Å². The minimum atomic E-state index is 0.358. The van der Waals surface area contributed by atoms with Gasteiger partial charge in [-0.05, 0) is 25.7 Å². The molecule has 102 valence electrons. The lowest BCUT2D eigenvalue weighted by molar-refractivity contribution is 0.160. The van der Waals surface area contributed by atoms with Crippen molar-refractivity contribution < 1.29 is 4.74 Å². The first-order valence-electron chi connectivity index (χ1n) is 7.11. The Morgan fingerprint density at radius 2 is 2.21 bits per heavy atom. The second-order valence-electron chi connectivity index (χ2n) is 6.16. The monoisotopic (exact) mass is 279 g/mol. The van der Waals surface area contributed by atoms with Gasteiger partial charge in [-0.1, -0.05) is 11.6 Å². The van der Waals surface area contributed by atoms with Gasteiger partial charge in [-0.3, -0.25) is 0 Å². The van der Waals surface area contributed by atoms with Crippen LogP contribution < -0.4 is 4.90 Å². The van der Waals surface area contributed by atoms with Crippen LogP contribution in [0.2, 0.25) is 5.15 Å². The molecule has 5 heteroatoms. The van der Waals surface area contributed by atoms with Crippen molar-refractivity contribution in [2.24, 2.45) is 5.41 Å². The summed E-state index contributed by atoms with van der Waals surface area (Å²) in [6.07, 6.45) is 4.79. The van der Waals surface area contributed by atoms with E-state index < -0.39 is 0 Å². The maximum atomic E-state index is 6.15. The highest BCUT2D eigenvalue weighted by molar-refractivity contribution is 6.29. The largest absolute Gasteiger partial charge is 0.381 e. The van der Waals surface area contributed by atoms with Crippen LogP contribution >= 0.6 is 11.6 Å². The maximum absolute atomic E-state index is 6.15. The Kier molecular flexibility index (Phi) is 2.71. The zero-order valence-electron chi connectivity index (χ0n) is 10.9. The van der Waals surface area contributed by atoms with E-state index in [1.165, 1.54) is 25.7 Å². The Morgan fingerprint density at radius 3 is 2.95 bits per heavy atom. The summed E-state index contributed by atoms with van der Waals surface area (Å²) in [5.74, 6) is 2.49. The van der Waals surface area contributed by atoms with Crippen molar-refractivity contribution in [3.05, 3.63) is 17.0 Å². The van der Waals surface area contributed by atoms with Crippen molar-refractivity contribution in [2.75, 3.05) is 31.2 Å². The fourth-order valence-corrected chi connectivity index (χ4v) is 3.40. The molecule has 0 radical (unpaired) electrons. The summed E-state index contributed by atoms with van der Waals surface area (Å²) >= 11 is 6.15. The van der Waals surface area contributed by atoms with Crippen molar-refractivity contribution in [1.82, 2.24) is 9.97 Å². The van der Waals surface area contributed by atoms with Gasteiger partial charge in [0.1, 0.15) is 16.8 Å². The normalized spacial score (nSPS) is 30.5. The predicted octanol–water partition coefficient (Wildman–Crippen LogP) is 2.62. The summed E-state index contributed by atoms with van der Waals surface area (Å²) in [6.45, 7) is 3.91. The van der Waals surface area contributed by atoms with E-state index >= 15 is 0 Å². The van der Waals surface area contributed by atoms with Gasteiger partial charge < -0.3 is 9.64 Å². The highest BCUT2D eigenvalue weighted by Crippen LogP contribution is 2.42. The number of hydrogen-bond donors (Lipinski definition) is 0. The summed E-state index contributed by atoms with van der Waals surface area (Å²) < 4.78 is 5.58. The van der Waals surface area contributed by atoms with Crippen molar-refractivity contribution in [2.45, 2.75) is 31.6 Å². The fourth-order valence-electron chi connectivity index (χ4n) is 3.21. The number of aromatic nitrogens is 2. The van der Waals surface area contributed by atoms with Crippen LogP contribution in [-0.2, 0) is 4.74 Å². The fraction of sp³-hybridized carbons (Fsp3) is 0.714. The molecule has 0 bridgehead atoms. The first kappa shape index (κ1) is 11.9. The number of rotatable bonds is 2. The van der Waals surface area contributed by atoms with E-state index in [0.717, 1.165) is 37.9 Å². The molecule has 1 aromatic heterocycles. The first-order chi connectivity index (χ1) is 9.24. The Hall–Kier alpha value is -0.870. The standard InChI is InChI=1S/C14H18ClN3O/c15-11-7-12(17-13(16-11)10-1-2-10)18-5-3-14(8-18)4-6-19-9-14/h7,10H,1-6,8-9H2.